The number of fused-ring (bicyclic) bond motifs is 2. The molecule has 0 amide bonds. The highest BCUT2D eigenvalue weighted by Crippen LogP contribution is 2.53. The molecule has 0 radical (unpaired) electrons. The van der Waals surface area contributed by atoms with E-state index >= 15 is 0 Å². The van der Waals surface area contributed by atoms with Gasteiger partial charge in [0.1, 0.15) is 26.4 Å². The molecule has 5 heterocycles. The van der Waals surface area contributed by atoms with Crippen molar-refractivity contribution in [3.63, 3.8) is 0 Å². The van der Waals surface area contributed by atoms with E-state index in [0.717, 1.165) is 14.6 Å². The third kappa shape index (κ3) is 2.46. The van der Waals surface area contributed by atoms with Crippen molar-refractivity contribution in [3.05, 3.63) is 22.4 Å². The summed E-state index contributed by atoms with van der Waals surface area (Å²) in [5.41, 5.74) is 0.253. The van der Waals surface area contributed by atoms with E-state index in [1.165, 1.54) is 34.0 Å². The van der Waals surface area contributed by atoms with Crippen molar-refractivity contribution in [1.29, 1.82) is 0 Å². The lowest BCUT2D eigenvalue weighted by Crippen LogP contribution is -2.14. The van der Waals surface area contributed by atoms with E-state index in [1.54, 1.807) is 6.07 Å². The van der Waals surface area contributed by atoms with E-state index < -0.39 is 5.97 Å². The quantitative estimate of drug-likeness (QED) is 0.690. The molecule has 134 valence electrons. The second-order valence-corrected chi connectivity index (χ2v) is 8.38. The number of carboxylic acid groups (broad SMARTS) is 1. The summed E-state index contributed by atoms with van der Waals surface area (Å²) in [6, 6.07) is 1.70. The molecule has 0 unspecified atom stereocenters. The minimum Gasteiger partial charge on any atom is -0.485 e. The molecule has 3 aromatic heterocycles. The fraction of sp³-hybridized carbons (Fsp3) is 0.235. The van der Waals surface area contributed by atoms with E-state index in [2.05, 4.69) is 0 Å². The van der Waals surface area contributed by atoms with Gasteiger partial charge in [-0.3, -0.25) is 0 Å². The van der Waals surface area contributed by atoms with Crippen LogP contribution >= 0.6 is 34.0 Å². The second-order valence-electron chi connectivity index (χ2n) is 5.57. The molecule has 0 atom stereocenters. The highest BCUT2D eigenvalue weighted by molar-refractivity contribution is 7.26. The van der Waals surface area contributed by atoms with Gasteiger partial charge in [0.15, 0.2) is 23.0 Å². The van der Waals surface area contributed by atoms with Crippen LogP contribution in [0, 0.1) is 0 Å². The third-order valence-electron chi connectivity index (χ3n) is 3.99. The smallest absolute Gasteiger partial charge is 0.337 e. The highest BCUT2D eigenvalue weighted by atomic mass is 32.1. The van der Waals surface area contributed by atoms with Crippen LogP contribution in [0.1, 0.15) is 10.4 Å². The summed E-state index contributed by atoms with van der Waals surface area (Å²) in [6.45, 7) is 1.98. The van der Waals surface area contributed by atoms with E-state index in [-0.39, 0.29) is 5.56 Å². The van der Waals surface area contributed by atoms with Gasteiger partial charge < -0.3 is 24.1 Å². The van der Waals surface area contributed by atoms with Crippen LogP contribution in [0.2, 0.25) is 0 Å². The van der Waals surface area contributed by atoms with Gasteiger partial charge in [-0.2, -0.15) is 0 Å². The molecule has 5 rings (SSSR count). The van der Waals surface area contributed by atoms with Crippen molar-refractivity contribution in [1.82, 2.24) is 0 Å². The number of thiophene rings is 3. The largest absolute Gasteiger partial charge is 0.485 e. The Kier molecular flexibility index (Phi) is 3.80. The summed E-state index contributed by atoms with van der Waals surface area (Å²) >= 11 is 4.34. The number of carbonyl (C=O) groups is 1. The first kappa shape index (κ1) is 16.0. The standard InChI is InChI=1S/C17H12O6S3/c18-17(19)8-5-11(15-12-9(6-24-15)20-1-3-22-12)26-14(8)16-13-10(7-25-16)21-2-4-23-13/h5-7H,1-4H2,(H,18,19). The molecule has 0 aliphatic carbocycles. The maximum Gasteiger partial charge on any atom is 0.337 e. The molecule has 1 N–H and O–H groups in total. The van der Waals surface area contributed by atoms with Gasteiger partial charge in [0.25, 0.3) is 0 Å². The van der Waals surface area contributed by atoms with Crippen molar-refractivity contribution in [2.24, 2.45) is 0 Å². The van der Waals surface area contributed by atoms with E-state index in [0.29, 0.717) is 54.3 Å². The molecule has 26 heavy (non-hydrogen) atoms. The van der Waals surface area contributed by atoms with Gasteiger partial charge >= 0.3 is 5.97 Å². The topological polar surface area (TPSA) is 74.2 Å². The fourth-order valence-electron chi connectivity index (χ4n) is 2.88. The Morgan fingerprint density at radius 2 is 1.42 bits per heavy atom. The van der Waals surface area contributed by atoms with Crippen LogP contribution in [0.25, 0.3) is 19.5 Å². The molecule has 3 aromatic rings. The van der Waals surface area contributed by atoms with Crippen molar-refractivity contribution >= 4 is 40.0 Å². The van der Waals surface area contributed by atoms with Crippen LogP contribution in [0.5, 0.6) is 23.0 Å². The summed E-state index contributed by atoms with van der Waals surface area (Å²) in [5.74, 6) is 1.74. The minimum absolute atomic E-state index is 0.253. The number of aromatic carboxylic acids is 1. The minimum atomic E-state index is -0.969. The first-order valence-corrected chi connectivity index (χ1v) is 10.4. The molecule has 6 nitrogen and oxygen atoms in total. The average molecular weight is 408 g/mol. The molecular formula is C17H12O6S3. The lowest BCUT2D eigenvalue weighted by Gasteiger charge is -2.16. The maximum absolute atomic E-state index is 11.8. The molecule has 9 heteroatoms. The number of hydrogen-bond acceptors (Lipinski definition) is 8. The van der Waals surface area contributed by atoms with Crippen molar-refractivity contribution in [2.75, 3.05) is 26.4 Å². The molecule has 0 saturated carbocycles. The SMILES string of the molecule is O=C(O)c1cc(-c2scc3c2OCCO3)sc1-c1scc2c1OCCO2. The van der Waals surface area contributed by atoms with Crippen molar-refractivity contribution in [2.45, 2.75) is 0 Å². The lowest BCUT2D eigenvalue weighted by molar-refractivity contribution is 0.0698. The first-order chi connectivity index (χ1) is 12.7. The van der Waals surface area contributed by atoms with Gasteiger partial charge in [-0.05, 0) is 6.07 Å². The Morgan fingerprint density at radius 1 is 0.846 bits per heavy atom. The summed E-state index contributed by atoms with van der Waals surface area (Å²) in [4.78, 5) is 15.0. The summed E-state index contributed by atoms with van der Waals surface area (Å²) in [7, 11) is 0. The zero-order chi connectivity index (χ0) is 17.7. The molecule has 2 aliphatic heterocycles. The predicted molar refractivity (Wildman–Crippen MR) is 99.9 cm³/mol. The fourth-order valence-corrected chi connectivity index (χ4v) is 6.17. The Balaban J connectivity index is 1.64. The van der Waals surface area contributed by atoms with Crippen molar-refractivity contribution in [3.8, 4) is 42.5 Å². The second kappa shape index (κ2) is 6.19. The third-order valence-corrected chi connectivity index (χ3v) is 7.35. The van der Waals surface area contributed by atoms with Gasteiger partial charge in [0.05, 0.1) is 20.2 Å². The first-order valence-electron chi connectivity index (χ1n) is 7.84. The van der Waals surface area contributed by atoms with Gasteiger partial charge in [-0.25, -0.2) is 4.79 Å². The van der Waals surface area contributed by atoms with Crippen molar-refractivity contribution < 1.29 is 28.8 Å². The Morgan fingerprint density at radius 3 is 2.08 bits per heavy atom. The Hall–Kier alpha value is -2.23. The van der Waals surface area contributed by atoms with Gasteiger partial charge in [0.2, 0.25) is 0 Å². The molecule has 2 aliphatic rings. The normalized spacial score (nSPS) is 15.1. The summed E-state index contributed by atoms with van der Waals surface area (Å²) in [5, 5.41) is 13.5. The average Bonchev–Trinajstić information content (AvgIpc) is 3.36. The molecule has 0 spiro atoms. The van der Waals surface area contributed by atoms with Crippen LogP contribution in [0.4, 0.5) is 0 Å². The van der Waals surface area contributed by atoms with Crippen LogP contribution < -0.4 is 18.9 Å². The van der Waals surface area contributed by atoms with Crippen LogP contribution in [-0.2, 0) is 0 Å². The Labute approximate surface area is 160 Å². The molecule has 0 aromatic carbocycles. The van der Waals surface area contributed by atoms with E-state index in [4.69, 9.17) is 18.9 Å². The van der Waals surface area contributed by atoms with Crippen LogP contribution in [0.15, 0.2) is 16.8 Å². The number of carboxylic acids is 1. The molecule has 0 saturated heterocycles. The van der Waals surface area contributed by atoms with Crippen LogP contribution in [0.3, 0.4) is 0 Å². The summed E-state index contributed by atoms with van der Waals surface area (Å²) < 4.78 is 22.7. The molecule has 0 fully saturated rings. The number of ether oxygens (including phenoxy) is 4. The Bertz CT molecular complexity index is 998. The monoisotopic (exact) mass is 408 g/mol. The van der Waals surface area contributed by atoms with Gasteiger partial charge in [0, 0.05) is 15.6 Å². The van der Waals surface area contributed by atoms with Gasteiger partial charge in [-0.15, -0.1) is 34.0 Å². The van der Waals surface area contributed by atoms with E-state index in [9.17, 15) is 9.90 Å². The number of hydrogen-bond donors (Lipinski definition) is 1. The zero-order valence-corrected chi connectivity index (χ0v) is 15.7. The number of rotatable bonds is 3. The molecular weight excluding hydrogens is 396 g/mol. The summed E-state index contributed by atoms with van der Waals surface area (Å²) in [6.07, 6.45) is 0. The van der Waals surface area contributed by atoms with Gasteiger partial charge in [-0.1, -0.05) is 0 Å². The maximum atomic E-state index is 11.8. The predicted octanol–water partition coefficient (Wildman–Crippen LogP) is 4.45. The highest BCUT2D eigenvalue weighted by Gasteiger charge is 2.28. The zero-order valence-electron chi connectivity index (χ0n) is 13.3. The van der Waals surface area contributed by atoms with Crippen LogP contribution in [-0.4, -0.2) is 37.5 Å². The lowest BCUT2D eigenvalue weighted by atomic mass is 10.2. The molecule has 0 bridgehead atoms. The van der Waals surface area contributed by atoms with E-state index in [1.807, 2.05) is 10.8 Å².